The molecule has 0 aliphatic carbocycles. The minimum atomic E-state index is -0.357. The van der Waals surface area contributed by atoms with Crippen molar-refractivity contribution in [1.29, 1.82) is 0 Å². The van der Waals surface area contributed by atoms with Gasteiger partial charge in [0.05, 0.1) is 13.2 Å². The monoisotopic (exact) mass is 354 g/mol. The molecular weight excluding hydrogens is 336 g/mol. The molecule has 6 nitrogen and oxygen atoms in total. The lowest BCUT2D eigenvalue weighted by molar-refractivity contribution is 0.173. The Morgan fingerprint density at radius 2 is 1.65 bits per heavy atom. The topological polar surface area (TPSA) is 67.1 Å². The van der Waals surface area contributed by atoms with Crippen molar-refractivity contribution in [3.8, 4) is 23.0 Å². The summed E-state index contributed by atoms with van der Waals surface area (Å²) in [6.45, 7) is 3.14. The molecule has 0 saturated carbocycles. The van der Waals surface area contributed by atoms with E-state index in [1.165, 1.54) is 6.07 Å². The maximum Gasteiger partial charge on any atom is 0.336 e. The van der Waals surface area contributed by atoms with E-state index in [2.05, 4.69) is 0 Å². The van der Waals surface area contributed by atoms with Gasteiger partial charge in [-0.15, -0.1) is 0 Å². The maximum absolute atomic E-state index is 11.5. The summed E-state index contributed by atoms with van der Waals surface area (Å²) in [4.78, 5) is 11.5. The minimum Gasteiger partial charge on any atom is -0.493 e. The standard InChI is InChI=1S/C20H18O6/c1-13-9-20(21)26-18-10-14(3-5-16(13)18)22-7-2-8-23-15-4-6-17-19(11-15)25-12-24-17/h3-6,9-11H,2,7-8,12H2,1H3. The van der Waals surface area contributed by atoms with Gasteiger partial charge in [0.2, 0.25) is 6.79 Å². The largest absolute Gasteiger partial charge is 0.493 e. The number of benzene rings is 2. The quantitative estimate of drug-likeness (QED) is 0.497. The second-order valence-electron chi connectivity index (χ2n) is 5.97. The summed E-state index contributed by atoms with van der Waals surface area (Å²) in [6, 6.07) is 12.5. The zero-order chi connectivity index (χ0) is 17.9. The van der Waals surface area contributed by atoms with E-state index < -0.39 is 0 Å². The molecule has 0 saturated heterocycles. The highest BCUT2D eigenvalue weighted by atomic mass is 16.7. The lowest BCUT2D eigenvalue weighted by atomic mass is 10.1. The van der Waals surface area contributed by atoms with Gasteiger partial charge in [0.25, 0.3) is 0 Å². The van der Waals surface area contributed by atoms with Crippen molar-refractivity contribution in [2.75, 3.05) is 20.0 Å². The van der Waals surface area contributed by atoms with Gasteiger partial charge < -0.3 is 23.4 Å². The van der Waals surface area contributed by atoms with Crippen molar-refractivity contribution < 1.29 is 23.4 Å². The summed E-state index contributed by atoms with van der Waals surface area (Å²) in [5.41, 5.74) is 1.06. The summed E-state index contributed by atoms with van der Waals surface area (Å²) < 4.78 is 27.2. The van der Waals surface area contributed by atoms with Gasteiger partial charge in [0.15, 0.2) is 11.5 Å². The highest BCUT2D eigenvalue weighted by Crippen LogP contribution is 2.35. The fourth-order valence-corrected chi connectivity index (χ4v) is 2.80. The highest BCUT2D eigenvalue weighted by molar-refractivity contribution is 5.81. The molecule has 4 rings (SSSR count). The van der Waals surface area contributed by atoms with E-state index in [9.17, 15) is 4.79 Å². The van der Waals surface area contributed by atoms with Gasteiger partial charge in [-0.05, 0) is 36.8 Å². The first-order valence-corrected chi connectivity index (χ1v) is 8.39. The summed E-state index contributed by atoms with van der Waals surface area (Å²) in [5.74, 6) is 2.83. The Balaban J connectivity index is 1.29. The van der Waals surface area contributed by atoms with Crippen molar-refractivity contribution in [3.05, 3.63) is 58.4 Å². The van der Waals surface area contributed by atoms with Crippen molar-refractivity contribution in [1.82, 2.24) is 0 Å². The van der Waals surface area contributed by atoms with Crippen LogP contribution in [0, 0.1) is 6.92 Å². The van der Waals surface area contributed by atoms with Crippen molar-refractivity contribution in [2.24, 2.45) is 0 Å². The minimum absolute atomic E-state index is 0.248. The fraction of sp³-hybridized carbons (Fsp3) is 0.250. The number of hydrogen-bond acceptors (Lipinski definition) is 6. The van der Waals surface area contributed by atoms with Crippen LogP contribution in [0.25, 0.3) is 11.0 Å². The molecule has 0 spiro atoms. The molecule has 0 atom stereocenters. The van der Waals surface area contributed by atoms with Gasteiger partial charge in [-0.25, -0.2) is 4.79 Å². The summed E-state index contributed by atoms with van der Waals surface area (Å²) in [6.07, 6.45) is 0.713. The molecule has 1 aliphatic heterocycles. The van der Waals surface area contributed by atoms with Crippen LogP contribution in [0.5, 0.6) is 23.0 Å². The van der Waals surface area contributed by atoms with Gasteiger partial charge >= 0.3 is 5.63 Å². The third kappa shape index (κ3) is 3.44. The van der Waals surface area contributed by atoms with Gasteiger partial charge in [0.1, 0.15) is 17.1 Å². The molecule has 0 bridgehead atoms. The van der Waals surface area contributed by atoms with Crippen LogP contribution in [0.3, 0.4) is 0 Å². The van der Waals surface area contributed by atoms with Gasteiger partial charge in [-0.1, -0.05) is 0 Å². The lowest BCUT2D eigenvalue weighted by Crippen LogP contribution is -2.05. The van der Waals surface area contributed by atoms with E-state index in [-0.39, 0.29) is 12.4 Å². The number of rotatable bonds is 6. The first-order valence-electron chi connectivity index (χ1n) is 8.39. The third-order valence-electron chi connectivity index (χ3n) is 4.09. The van der Waals surface area contributed by atoms with Gasteiger partial charge in [-0.2, -0.15) is 0 Å². The summed E-state index contributed by atoms with van der Waals surface area (Å²) in [5, 5.41) is 0.906. The molecular formula is C20H18O6. The lowest BCUT2D eigenvalue weighted by Gasteiger charge is -2.09. The van der Waals surface area contributed by atoms with Crippen LogP contribution in [-0.2, 0) is 0 Å². The van der Waals surface area contributed by atoms with Crippen LogP contribution in [0.1, 0.15) is 12.0 Å². The average molecular weight is 354 g/mol. The number of aryl methyl sites for hydroxylation is 1. The van der Waals surface area contributed by atoms with E-state index in [0.29, 0.717) is 36.7 Å². The average Bonchev–Trinajstić information content (AvgIpc) is 3.08. The Hall–Kier alpha value is -3.15. The smallest absolute Gasteiger partial charge is 0.336 e. The molecule has 0 unspecified atom stereocenters. The molecule has 0 N–H and O–H groups in total. The molecule has 1 aromatic heterocycles. The van der Waals surface area contributed by atoms with E-state index in [1.807, 2.05) is 37.3 Å². The van der Waals surface area contributed by atoms with Crippen LogP contribution in [0.15, 0.2) is 51.7 Å². The molecule has 2 aromatic carbocycles. The Morgan fingerprint density at radius 3 is 2.50 bits per heavy atom. The highest BCUT2D eigenvalue weighted by Gasteiger charge is 2.13. The maximum atomic E-state index is 11.5. The molecule has 6 heteroatoms. The molecule has 0 amide bonds. The van der Waals surface area contributed by atoms with E-state index in [4.69, 9.17) is 23.4 Å². The molecule has 1 aliphatic rings. The predicted octanol–water partition coefficient (Wildman–Crippen LogP) is 3.68. The number of hydrogen-bond donors (Lipinski definition) is 0. The first-order chi connectivity index (χ1) is 12.7. The Morgan fingerprint density at radius 1 is 0.923 bits per heavy atom. The molecule has 2 heterocycles. The molecule has 0 fully saturated rings. The zero-order valence-corrected chi connectivity index (χ0v) is 14.3. The summed E-state index contributed by atoms with van der Waals surface area (Å²) in [7, 11) is 0. The second kappa shape index (κ2) is 7.00. The van der Waals surface area contributed by atoms with Crippen LogP contribution >= 0.6 is 0 Å². The van der Waals surface area contributed by atoms with Crippen molar-refractivity contribution >= 4 is 11.0 Å². The van der Waals surface area contributed by atoms with Crippen LogP contribution in [0.4, 0.5) is 0 Å². The van der Waals surface area contributed by atoms with Gasteiger partial charge in [-0.3, -0.25) is 0 Å². The Bertz CT molecular complexity index is 991. The van der Waals surface area contributed by atoms with Crippen molar-refractivity contribution in [3.63, 3.8) is 0 Å². The van der Waals surface area contributed by atoms with Gasteiger partial charge in [0, 0.05) is 30.0 Å². The number of fused-ring (bicyclic) bond motifs is 2. The van der Waals surface area contributed by atoms with Crippen LogP contribution in [0.2, 0.25) is 0 Å². The third-order valence-corrected chi connectivity index (χ3v) is 4.09. The first kappa shape index (κ1) is 16.3. The zero-order valence-electron chi connectivity index (χ0n) is 14.3. The molecule has 134 valence electrons. The van der Waals surface area contributed by atoms with E-state index in [0.717, 1.165) is 22.4 Å². The normalized spacial score (nSPS) is 12.3. The van der Waals surface area contributed by atoms with Crippen molar-refractivity contribution in [2.45, 2.75) is 13.3 Å². The fourth-order valence-electron chi connectivity index (χ4n) is 2.80. The molecule has 0 radical (unpaired) electrons. The van der Waals surface area contributed by atoms with Crippen LogP contribution in [-0.4, -0.2) is 20.0 Å². The number of ether oxygens (including phenoxy) is 4. The second-order valence-corrected chi connectivity index (χ2v) is 5.97. The van der Waals surface area contributed by atoms with Crippen LogP contribution < -0.4 is 24.6 Å². The molecule has 3 aromatic rings. The Kier molecular flexibility index (Phi) is 4.39. The summed E-state index contributed by atoms with van der Waals surface area (Å²) >= 11 is 0. The predicted molar refractivity (Wildman–Crippen MR) is 95.4 cm³/mol. The Labute approximate surface area is 149 Å². The van der Waals surface area contributed by atoms with E-state index >= 15 is 0 Å². The molecule has 26 heavy (non-hydrogen) atoms. The van der Waals surface area contributed by atoms with E-state index in [1.54, 1.807) is 6.07 Å². The SMILES string of the molecule is Cc1cc(=O)oc2cc(OCCCOc3ccc4c(c3)OCO4)ccc12.